The van der Waals surface area contributed by atoms with Crippen LogP contribution in [0.15, 0.2) is 35.3 Å². The monoisotopic (exact) mass is 298 g/mol. The zero-order chi connectivity index (χ0) is 12.8. The second-order valence-electron chi connectivity index (χ2n) is 3.50. The van der Waals surface area contributed by atoms with Crippen LogP contribution in [0.1, 0.15) is 6.42 Å². The average Bonchev–Trinajstić information content (AvgIpc) is 2.28. The fraction of sp³-hybridized carbons (Fsp3) is 0.250. The van der Waals surface area contributed by atoms with Crippen LogP contribution in [-0.2, 0) is 4.79 Å². The smallest absolute Gasteiger partial charge is 0.241 e. The van der Waals surface area contributed by atoms with Crippen LogP contribution in [0.25, 0.3) is 0 Å². The molecule has 4 nitrogen and oxygen atoms in total. The Balaban J connectivity index is 2.77. The first kappa shape index (κ1) is 13.7. The average molecular weight is 299 g/mol. The number of carbonyl (C=O) groups is 1. The number of rotatable bonds is 5. The van der Waals surface area contributed by atoms with Crippen molar-refractivity contribution < 1.29 is 9.53 Å². The molecule has 0 saturated heterocycles. The van der Waals surface area contributed by atoms with Gasteiger partial charge in [0.05, 0.1) is 13.2 Å². The number of nitrogens with one attached hydrogen (secondary N) is 1. The fourth-order valence-corrected chi connectivity index (χ4v) is 1.75. The number of hydrogen-bond acceptors (Lipinski definition) is 3. The Morgan fingerprint density at radius 3 is 2.94 bits per heavy atom. The van der Waals surface area contributed by atoms with Crippen molar-refractivity contribution in [2.45, 2.75) is 12.5 Å². The van der Waals surface area contributed by atoms with Gasteiger partial charge in [0.25, 0.3) is 0 Å². The van der Waals surface area contributed by atoms with Gasteiger partial charge in [-0.1, -0.05) is 22.0 Å². The number of anilines is 1. The minimum absolute atomic E-state index is 0.245. The molecule has 0 saturated carbocycles. The molecule has 0 radical (unpaired) electrons. The predicted molar refractivity (Wildman–Crippen MR) is 72.1 cm³/mol. The normalized spacial score (nSPS) is 11.7. The molecular weight excluding hydrogens is 284 g/mol. The van der Waals surface area contributed by atoms with Crippen molar-refractivity contribution in [1.82, 2.24) is 0 Å². The van der Waals surface area contributed by atoms with Crippen molar-refractivity contribution >= 4 is 27.5 Å². The molecule has 0 aliphatic heterocycles. The van der Waals surface area contributed by atoms with E-state index in [2.05, 4.69) is 27.8 Å². The number of carbonyl (C=O) groups excluding carboxylic acids is 1. The molecule has 0 aliphatic carbocycles. The lowest BCUT2D eigenvalue weighted by Gasteiger charge is -2.11. The Morgan fingerprint density at radius 1 is 1.65 bits per heavy atom. The lowest BCUT2D eigenvalue weighted by molar-refractivity contribution is -0.117. The van der Waals surface area contributed by atoms with Crippen LogP contribution < -0.4 is 15.8 Å². The Bertz CT molecular complexity index is 421. The molecule has 0 heterocycles. The third-order valence-electron chi connectivity index (χ3n) is 2.13. The van der Waals surface area contributed by atoms with E-state index in [4.69, 9.17) is 10.5 Å². The van der Waals surface area contributed by atoms with E-state index in [0.717, 1.165) is 4.47 Å². The summed E-state index contributed by atoms with van der Waals surface area (Å²) in [6, 6.07) is 4.72. The summed E-state index contributed by atoms with van der Waals surface area (Å²) in [4.78, 5) is 11.7. The molecule has 0 spiro atoms. The summed E-state index contributed by atoms with van der Waals surface area (Å²) < 4.78 is 5.92. The number of methoxy groups -OCH3 is 1. The van der Waals surface area contributed by atoms with Gasteiger partial charge in [-0.25, -0.2) is 0 Å². The quantitative estimate of drug-likeness (QED) is 0.820. The van der Waals surface area contributed by atoms with Gasteiger partial charge in [-0.3, -0.25) is 4.79 Å². The van der Waals surface area contributed by atoms with Gasteiger partial charge in [0.1, 0.15) is 5.75 Å². The largest absolute Gasteiger partial charge is 0.497 e. The number of amides is 1. The van der Waals surface area contributed by atoms with Crippen molar-refractivity contribution in [3.63, 3.8) is 0 Å². The Kier molecular flexibility index (Phi) is 5.18. The third-order valence-corrected chi connectivity index (χ3v) is 2.59. The maximum absolute atomic E-state index is 11.7. The summed E-state index contributed by atoms with van der Waals surface area (Å²) in [5, 5.41) is 2.72. The van der Waals surface area contributed by atoms with E-state index < -0.39 is 6.04 Å². The minimum Gasteiger partial charge on any atom is -0.497 e. The maximum atomic E-state index is 11.7. The van der Waals surface area contributed by atoms with Crippen molar-refractivity contribution in [1.29, 1.82) is 0 Å². The number of ether oxygens (including phenoxy) is 1. The zero-order valence-electron chi connectivity index (χ0n) is 9.57. The molecule has 1 aromatic rings. The topological polar surface area (TPSA) is 64.4 Å². The summed E-state index contributed by atoms with van der Waals surface area (Å²) >= 11 is 3.33. The number of benzene rings is 1. The summed E-state index contributed by atoms with van der Waals surface area (Å²) in [5.74, 6) is 0.414. The van der Waals surface area contributed by atoms with Crippen molar-refractivity contribution in [3.05, 3.63) is 35.3 Å². The molecule has 1 rings (SSSR count). The molecule has 0 bridgehead atoms. The Hall–Kier alpha value is -1.33. The standard InChI is InChI=1S/C12H15BrN2O2/c1-3-4-11(14)12(16)15-9-5-8(13)6-10(7-9)17-2/h3,5-7,11H,1,4,14H2,2H3,(H,15,16). The second kappa shape index (κ2) is 6.42. The lowest BCUT2D eigenvalue weighted by Crippen LogP contribution is -2.35. The van der Waals surface area contributed by atoms with Crippen LogP contribution in [0, 0.1) is 0 Å². The molecule has 0 aliphatic rings. The SMILES string of the molecule is C=CCC(N)C(=O)Nc1cc(Br)cc(OC)c1. The Morgan fingerprint density at radius 2 is 2.35 bits per heavy atom. The highest BCUT2D eigenvalue weighted by atomic mass is 79.9. The van der Waals surface area contributed by atoms with E-state index in [1.165, 1.54) is 0 Å². The van der Waals surface area contributed by atoms with Gasteiger partial charge in [-0.2, -0.15) is 0 Å². The van der Waals surface area contributed by atoms with E-state index in [1.807, 2.05) is 0 Å². The molecule has 5 heteroatoms. The van der Waals surface area contributed by atoms with E-state index in [9.17, 15) is 4.79 Å². The zero-order valence-corrected chi connectivity index (χ0v) is 11.2. The molecule has 3 N–H and O–H groups in total. The van der Waals surface area contributed by atoms with Gasteiger partial charge in [-0.05, 0) is 18.6 Å². The molecule has 1 unspecified atom stereocenters. The van der Waals surface area contributed by atoms with Gasteiger partial charge >= 0.3 is 0 Å². The van der Waals surface area contributed by atoms with Gasteiger partial charge in [0.2, 0.25) is 5.91 Å². The first-order chi connectivity index (χ1) is 8.06. The van der Waals surface area contributed by atoms with Crippen LogP contribution in [-0.4, -0.2) is 19.1 Å². The van der Waals surface area contributed by atoms with Crippen LogP contribution in [0.4, 0.5) is 5.69 Å². The lowest BCUT2D eigenvalue weighted by atomic mass is 10.2. The first-order valence-corrected chi connectivity index (χ1v) is 5.88. The number of hydrogen-bond donors (Lipinski definition) is 2. The van der Waals surface area contributed by atoms with Crippen LogP contribution >= 0.6 is 15.9 Å². The molecule has 0 aromatic heterocycles. The molecule has 1 atom stereocenters. The molecule has 1 amide bonds. The first-order valence-electron chi connectivity index (χ1n) is 5.08. The summed E-state index contributed by atoms with van der Waals surface area (Å²) in [6.45, 7) is 3.54. The van der Waals surface area contributed by atoms with Gasteiger partial charge in [-0.15, -0.1) is 6.58 Å². The van der Waals surface area contributed by atoms with Crippen LogP contribution in [0.3, 0.4) is 0 Å². The van der Waals surface area contributed by atoms with Crippen molar-refractivity contribution in [2.75, 3.05) is 12.4 Å². The molecule has 92 valence electrons. The molecule has 1 aromatic carbocycles. The van der Waals surface area contributed by atoms with E-state index in [1.54, 1.807) is 31.4 Å². The third kappa shape index (κ3) is 4.20. The van der Waals surface area contributed by atoms with E-state index >= 15 is 0 Å². The maximum Gasteiger partial charge on any atom is 0.241 e. The Labute approximate surface area is 109 Å². The highest BCUT2D eigenvalue weighted by Gasteiger charge is 2.12. The number of halogens is 1. The van der Waals surface area contributed by atoms with E-state index in [-0.39, 0.29) is 5.91 Å². The van der Waals surface area contributed by atoms with Crippen molar-refractivity contribution in [3.8, 4) is 5.75 Å². The van der Waals surface area contributed by atoms with Gasteiger partial charge in [0.15, 0.2) is 0 Å². The summed E-state index contributed by atoms with van der Waals surface area (Å²) in [7, 11) is 1.57. The molecule has 0 fully saturated rings. The fourth-order valence-electron chi connectivity index (χ4n) is 1.27. The summed E-state index contributed by atoms with van der Waals surface area (Å²) in [5.41, 5.74) is 6.30. The van der Waals surface area contributed by atoms with Crippen LogP contribution in [0.5, 0.6) is 5.75 Å². The minimum atomic E-state index is -0.586. The van der Waals surface area contributed by atoms with Crippen molar-refractivity contribution in [2.24, 2.45) is 5.73 Å². The van der Waals surface area contributed by atoms with Gasteiger partial charge < -0.3 is 15.8 Å². The molecular formula is C12H15BrN2O2. The predicted octanol–water partition coefficient (Wildman–Crippen LogP) is 2.30. The summed E-state index contributed by atoms with van der Waals surface area (Å²) in [6.07, 6.45) is 2.06. The second-order valence-corrected chi connectivity index (χ2v) is 4.42. The van der Waals surface area contributed by atoms with Gasteiger partial charge in [0, 0.05) is 16.2 Å². The molecule has 17 heavy (non-hydrogen) atoms. The highest BCUT2D eigenvalue weighted by molar-refractivity contribution is 9.10. The van der Waals surface area contributed by atoms with Crippen LogP contribution in [0.2, 0.25) is 0 Å². The number of nitrogens with two attached hydrogens (primary N) is 1. The van der Waals surface area contributed by atoms with E-state index in [0.29, 0.717) is 17.9 Å². The highest BCUT2D eigenvalue weighted by Crippen LogP contribution is 2.24.